The molecular weight excluding hydrogens is 274 g/mol. The highest BCUT2D eigenvalue weighted by Gasteiger charge is 2.10. The largest absolute Gasteiger partial charge is 0.396 e. The summed E-state index contributed by atoms with van der Waals surface area (Å²) in [4.78, 5) is 14.1. The number of amides is 1. The van der Waals surface area contributed by atoms with Crippen molar-refractivity contribution in [3.05, 3.63) is 0 Å². The smallest absolute Gasteiger partial charge is 0.222 e. The van der Waals surface area contributed by atoms with Crippen molar-refractivity contribution in [2.24, 2.45) is 0 Å². The molecule has 0 fully saturated rings. The maximum atomic E-state index is 12.1. The number of nitrogens with zero attached hydrogens (tertiary/aromatic N) is 1. The molecule has 0 heterocycles. The van der Waals surface area contributed by atoms with Gasteiger partial charge < -0.3 is 10.0 Å². The highest BCUT2D eigenvalue weighted by Crippen LogP contribution is 2.12. The number of carbonyl (C=O) groups is 1. The van der Waals surface area contributed by atoms with Crippen molar-refractivity contribution in [1.82, 2.24) is 4.90 Å². The second-order valence-electron chi connectivity index (χ2n) is 6.39. The predicted molar refractivity (Wildman–Crippen MR) is 95.0 cm³/mol. The van der Waals surface area contributed by atoms with Gasteiger partial charge in [-0.25, -0.2) is 0 Å². The van der Waals surface area contributed by atoms with Gasteiger partial charge in [0.2, 0.25) is 5.91 Å². The zero-order chi connectivity index (χ0) is 16.5. The molecule has 3 heteroatoms. The first-order valence-corrected chi connectivity index (χ1v) is 9.64. The van der Waals surface area contributed by atoms with Gasteiger partial charge in [0.1, 0.15) is 0 Å². The molecule has 0 unspecified atom stereocenters. The Morgan fingerprint density at radius 3 is 1.55 bits per heavy atom. The average molecular weight is 314 g/mol. The van der Waals surface area contributed by atoms with Crippen LogP contribution in [0.4, 0.5) is 0 Å². The van der Waals surface area contributed by atoms with Gasteiger partial charge in [-0.3, -0.25) is 4.79 Å². The maximum Gasteiger partial charge on any atom is 0.222 e. The lowest BCUT2D eigenvalue weighted by Crippen LogP contribution is -2.32. The highest BCUT2D eigenvalue weighted by atomic mass is 16.2. The SMILES string of the molecule is CCCN(CCC)C(=O)CCCCCCCCCCCCO. The van der Waals surface area contributed by atoms with E-state index in [2.05, 4.69) is 13.8 Å². The second-order valence-corrected chi connectivity index (χ2v) is 6.39. The Labute approximate surface area is 138 Å². The molecule has 0 saturated carbocycles. The number of aliphatic hydroxyl groups excluding tert-OH is 1. The fourth-order valence-electron chi connectivity index (χ4n) is 2.86. The normalized spacial score (nSPS) is 10.9. The van der Waals surface area contributed by atoms with Crippen LogP contribution in [-0.2, 0) is 4.79 Å². The fraction of sp³-hybridized carbons (Fsp3) is 0.947. The summed E-state index contributed by atoms with van der Waals surface area (Å²) in [6, 6.07) is 0. The summed E-state index contributed by atoms with van der Waals surface area (Å²) < 4.78 is 0. The summed E-state index contributed by atoms with van der Waals surface area (Å²) >= 11 is 0. The molecule has 0 radical (unpaired) electrons. The molecule has 132 valence electrons. The van der Waals surface area contributed by atoms with Crippen LogP contribution in [0.1, 0.15) is 97.3 Å². The van der Waals surface area contributed by atoms with Gasteiger partial charge in [-0.05, 0) is 25.7 Å². The Kier molecular flexibility index (Phi) is 16.4. The van der Waals surface area contributed by atoms with Gasteiger partial charge in [0.25, 0.3) is 0 Å². The third kappa shape index (κ3) is 13.1. The molecule has 0 aromatic heterocycles. The lowest BCUT2D eigenvalue weighted by atomic mass is 10.1. The molecular formula is C19H39NO2. The number of unbranched alkanes of at least 4 members (excludes halogenated alkanes) is 9. The third-order valence-electron chi connectivity index (χ3n) is 4.14. The molecule has 0 aliphatic carbocycles. The number of hydrogen-bond donors (Lipinski definition) is 1. The predicted octanol–water partition coefficient (Wildman–Crippen LogP) is 4.92. The van der Waals surface area contributed by atoms with E-state index >= 15 is 0 Å². The quantitative estimate of drug-likeness (QED) is 0.411. The number of aliphatic hydroxyl groups is 1. The van der Waals surface area contributed by atoms with Crippen molar-refractivity contribution in [3.63, 3.8) is 0 Å². The van der Waals surface area contributed by atoms with Crippen molar-refractivity contribution in [2.75, 3.05) is 19.7 Å². The van der Waals surface area contributed by atoms with Crippen LogP contribution in [0.3, 0.4) is 0 Å². The molecule has 0 bridgehead atoms. The molecule has 0 spiro atoms. The first-order chi connectivity index (χ1) is 10.8. The molecule has 22 heavy (non-hydrogen) atoms. The van der Waals surface area contributed by atoms with Crippen LogP contribution in [0, 0.1) is 0 Å². The Morgan fingerprint density at radius 2 is 1.14 bits per heavy atom. The molecule has 0 aliphatic rings. The Hall–Kier alpha value is -0.570. The summed E-state index contributed by atoms with van der Waals surface area (Å²) in [6.45, 7) is 6.46. The average Bonchev–Trinajstić information content (AvgIpc) is 2.52. The summed E-state index contributed by atoms with van der Waals surface area (Å²) in [7, 11) is 0. The van der Waals surface area contributed by atoms with Crippen molar-refractivity contribution >= 4 is 5.91 Å². The van der Waals surface area contributed by atoms with E-state index in [-0.39, 0.29) is 0 Å². The van der Waals surface area contributed by atoms with Gasteiger partial charge in [-0.1, -0.05) is 65.2 Å². The minimum atomic E-state index is 0.340. The van der Waals surface area contributed by atoms with Gasteiger partial charge >= 0.3 is 0 Å². The first kappa shape index (κ1) is 21.4. The molecule has 3 nitrogen and oxygen atoms in total. The lowest BCUT2D eigenvalue weighted by Gasteiger charge is -2.21. The van der Waals surface area contributed by atoms with E-state index in [1.807, 2.05) is 4.90 Å². The van der Waals surface area contributed by atoms with Crippen LogP contribution in [0.15, 0.2) is 0 Å². The van der Waals surface area contributed by atoms with E-state index in [4.69, 9.17) is 5.11 Å². The fourth-order valence-corrected chi connectivity index (χ4v) is 2.86. The van der Waals surface area contributed by atoms with E-state index in [1.165, 1.54) is 51.4 Å². The van der Waals surface area contributed by atoms with Gasteiger partial charge in [0, 0.05) is 26.1 Å². The zero-order valence-electron chi connectivity index (χ0n) is 15.1. The Balaban J connectivity index is 3.39. The first-order valence-electron chi connectivity index (χ1n) is 9.64. The van der Waals surface area contributed by atoms with Crippen LogP contribution in [0.25, 0.3) is 0 Å². The number of hydrogen-bond acceptors (Lipinski definition) is 2. The van der Waals surface area contributed by atoms with E-state index in [0.29, 0.717) is 12.5 Å². The van der Waals surface area contributed by atoms with Crippen LogP contribution in [-0.4, -0.2) is 35.6 Å². The Morgan fingerprint density at radius 1 is 0.727 bits per heavy atom. The molecule has 0 atom stereocenters. The monoisotopic (exact) mass is 313 g/mol. The summed E-state index contributed by atoms with van der Waals surface area (Å²) in [5, 5.41) is 8.70. The van der Waals surface area contributed by atoms with Gasteiger partial charge in [0.05, 0.1) is 0 Å². The van der Waals surface area contributed by atoms with Gasteiger partial charge in [-0.15, -0.1) is 0 Å². The third-order valence-corrected chi connectivity index (χ3v) is 4.14. The van der Waals surface area contributed by atoms with Crippen LogP contribution in [0.5, 0.6) is 0 Å². The van der Waals surface area contributed by atoms with Gasteiger partial charge in [-0.2, -0.15) is 0 Å². The minimum absolute atomic E-state index is 0.340. The van der Waals surface area contributed by atoms with E-state index in [0.717, 1.165) is 45.2 Å². The molecule has 0 rings (SSSR count). The topological polar surface area (TPSA) is 40.5 Å². The second kappa shape index (κ2) is 16.8. The molecule has 1 N–H and O–H groups in total. The van der Waals surface area contributed by atoms with Crippen LogP contribution >= 0.6 is 0 Å². The molecule has 0 aromatic rings. The van der Waals surface area contributed by atoms with Crippen molar-refractivity contribution in [3.8, 4) is 0 Å². The van der Waals surface area contributed by atoms with E-state index in [9.17, 15) is 4.79 Å². The van der Waals surface area contributed by atoms with Gasteiger partial charge in [0.15, 0.2) is 0 Å². The van der Waals surface area contributed by atoms with E-state index < -0.39 is 0 Å². The molecule has 0 saturated heterocycles. The van der Waals surface area contributed by atoms with Crippen LogP contribution in [0.2, 0.25) is 0 Å². The number of rotatable bonds is 16. The summed E-state index contributed by atoms with van der Waals surface area (Å²) in [6.07, 6.45) is 15.0. The van der Waals surface area contributed by atoms with Crippen molar-refractivity contribution < 1.29 is 9.90 Å². The minimum Gasteiger partial charge on any atom is -0.396 e. The number of carbonyl (C=O) groups excluding carboxylic acids is 1. The summed E-state index contributed by atoms with van der Waals surface area (Å²) in [5.74, 6) is 0.354. The highest BCUT2D eigenvalue weighted by molar-refractivity contribution is 5.76. The standard InChI is InChI=1S/C19H39NO2/c1-3-16-20(17-4-2)19(22)15-13-11-9-7-5-6-8-10-12-14-18-21/h21H,3-18H2,1-2H3. The molecule has 1 amide bonds. The van der Waals surface area contributed by atoms with Crippen LogP contribution < -0.4 is 0 Å². The van der Waals surface area contributed by atoms with E-state index in [1.54, 1.807) is 0 Å². The van der Waals surface area contributed by atoms with Crippen molar-refractivity contribution in [2.45, 2.75) is 97.3 Å². The van der Waals surface area contributed by atoms with Crippen molar-refractivity contribution in [1.29, 1.82) is 0 Å². The maximum absolute atomic E-state index is 12.1. The lowest BCUT2D eigenvalue weighted by molar-refractivity contribution is -0.131. The molecule has 0 aromatic carbocycles. The summed E-state index contributed by atoms with van der Waals surface area (Å²) in [5.41, 5.74) is 0. The Bertz CT molecular complexity index is 238. The zero-order valence-corrected chi connectivity index (χ0v) is 15.1. The molecule has 0 aliphatic heterocycles.